The largest absolute Gasteiger partial charge is 0.345 e. The Morgan fingerprint density at radius 3 is 2.79 bits per heavy atom. The van der Waals surface area contributed by atoms with Gasteiger partial charge < -0.3 is 10.3 Å². The molecular weight excluding hydrogens is 186 g/mol. The molecular formula is C10H16F2N2. The summed E-state index contributed by atoms with van der Waals surface area (Å²) in [5.74, 6) is -2.66. The lowest BCUT2D eigenvalue weighted by Crippen LogP contribution is -2.20. The molecule has 0 aliphatic rings. The van der Waals surface area contributed by atoms with Crippen molar-refractivity contribution in [1.29, 1.82) is 0 Å². The minimum atomic E-state index is -2.66. The lowest BCUT2D eigenvalue weighted by Gasteiger charge is -2.14. The second-order valence-electron chi connectivity index (χ2n) is 3.59. The van der Waals surface area contributed by atoms with E-state index in [1.807, 2.05) is 6.07 Å². The first kappa shape index (κ1) is 11.2. The van der Waals surface area contributed by atoms with Crippen LogP contribution in [0.2, 0.25) is 0 Å². The first-order valence-corrected chi connectivity index (χ1v) is 4.75. The summed E-state index contributed by atoms with van der Waals surface area (Å²) in [5.41, 5.74) is 6.29. The molecule has 0 aromatic carbocycles. The van der Waals surface area contributed by atoms with Crippen LogP contribution in [0, 0.1) is 0 Å². The van der Waals surface area contributed by atoms with Gasteiger partial charge in [0.2, 0.25) is 0 Å². The normalized spacial score (nSPS) is 12.0. The summed E-state index contributed by atoms with van der Waals surface area (Å²) < 4.78 is 27.1. The van der Waals surface area contributed by atoms with Crippen molar-refractivity contribution in [3.05, 3.63) is 24.0 Å². The molecule has 14 heavy (non-hydrogen) atoms. The van der Waals surface area contributed by atoms with Crippen LogP contribution in [0.15, 0.2) is 18.3 Å². The molecule has 0 fully saturated rings. The van der Waals surface area contributed by atoms with Crippen LogP contribution in [-0.4, -0.2) is 17.0 Å². The summed E-state index contributed by atoms with van der Waals surface area (Å²) in [6, 6.07) is 3.65. The summed E-state index contributed by atoms with van der Waals surface area (Å²) in [7, 11) is 0. The number of rotatable bonds is 5. The van der Waals surface area contributed by atoms with E-state index in [0.717, 1.165) is 25.5 Å². The van der Waals surface area contributed by atoms with Crippen LogP contribution in [-0.2, 0) is 13.0 Å². The maximum atomic E-state index is 12.7. The van der Waals surface area contributed by atoms with Crippen molar-refractivity contribution in [3.63, 3.8) is 0 Å². The number of hydrogen-bond donors (Lipinski definition) is 1. The van der Waals surface area contributed by atoms with Gasteiger partial charge in [0.25, 0.3) is 5.92 Å². The molecule has 0 spiro atoms. The molecule has 2 nitrogen and oxygen atoms in total. The number of nitrogens with two attached hydrogens (primary N) is 1. The standard InChI is InChI=1S/C10H16F2N2/c1-10(11,12)8-14-7-3-5-9(14)4-2-6-13/h3,5,7H,2,4,6,8,13H2,1H3. The van der Waals surface area contributed by atoms with Crippen molar-refractivity contribution in [2.24, 2.45) is 5.73 Å². The molecule has 4 heteroatoms. The molecule has 1 heterocycles. The summed E-state index contributed by atoms with van der Waals surface area (Å²) in [6.07, 6.45) is 3.28. The lowest BCUT2D eigenvalue weighted by molar-refractivity contribution is 0.00332. The maximum Gasteiger partial charge on any atom is 0.262 e. The van der Waals surface area contributed by atoms with E-state index in [9.17, 15) is 8.78 Å². The highest BCUT2D eigenvalue weighted by Gasteiger charge is 2.22. The van der Waals surface area contributed by atoms with E-state index in [2.05, 4.69) is 0 Å². The van der Waals surface area contributed by atoms with Crippen LogP contribution < -0.4 is 5.73 Å². The Labute approximate surface area is 82.7 Å². The van der Waals surface area contributed by atoms with Crippen LogP contribution in [0.5, 0.6) is 0 Å². The molecule has 1 aromatic rings. The summed E-state index contributed by atoms with van der Waals surface area (Å²) >= 11 is 0. The average molecular weight is 202 g/mol. The van der Waals surface area contributed by atoms with Gasteiger partial charge in [0.1, 0.15) is 0 Å². The van der Waals surface area contributed by atoms with Crippen LogP contribution in [0.25, 0.3) is 0 Å². The van der Waals surface area contributed by atoms with Crippen molar-refractivity contribution in [3.8, 4) is 0 Å². The van der Waals surface area contributed by atoms with Crippen LogP contribution in [0.1, 0.15) is 19.0 Å². The topological polar surface area (TPSA) is 30.9 Å². The predicted octanol–water partition coefficient (Wildman–Crippen LogP) is 2.03. The number of halogens is 2. The fourth-order valence-corrected chi connectivity index (χ4v) is 1.41. The predicted molar refractivity (Wildman–Crippen MR) is 52.4 cm³/mol. The minimum absolute atomic E-state index is 0.250. The van der Waals surface area contributed by atoms with Gasteiger partial charge in [0.15, 0.2) is 0 Å². The molecule has 0 amide bonds. The summed E-state index contributed by atoms with van der Waals surface area (Å²) in [5, 5.41) is 0. The minimum Gasteiger partial charge on any atom is -0.345 e. The first-order chi connectivity index (χ1) is 6.53. The zero-order valence-corrected chi connectivity index (χ0v) is 8.34. The van der Waals surface area contributed by atoms with Gasteiger partial charge in [-0.05, 0) is 31.5 Å². The molecule has 0 saturated carbocycles. The van der Waals surface area contributed by atoms with E-state index in [0.29, 0.717) is 6.54 Å². The quantitative estimate of drug-likeness (QED) is 0.778. The van der Waals surface area contributed by atoms with Gasteiger partial charge in [-0.3, -0.25) is 0 Å². The van der Waals surface area contributed by atoms with E-state index < -0.39 is 5.92 Å². The van der Waals surface area contributed by atoms with Crippen molar-refractivity contribution < 1.29 is 8.78 Å². The zero-order valence-electron chi connectivity index (χ0n) is 8.34. The average Bonchev–Trinajstić information content (AvgIpc) is 2.45. The molecule has 2 N–H and O–H groups in total. The van der Waals surface area contributed by atoms with E-state index in [-0.39, 0.29) is 6.54 Å². The van der Waals surface area contributed by atoms with E-state index in [4.69, 9.17) is 5.73 Å². The zero-order chi connectivity index (χ0) is 10.6. The van der Waals surface area contributed by atoms with Gasteiger partial charge in [-0.25, -0.2) is 8.78 Å². The molecule has 1 rings (SSSR count). The van der Waals surface area contributed by atoms with Crippen molar-refractivity contribution >= 4 is 0 Å². The molecule has 0 atom stereocenters. The molecule has 0 bridgehead atoms. The fourth-order valence-electron chi connectivity index (χ4n) is 1.41. The molecule has 0 aliphatic carbocycles. The van der Waals surface area contributed by atoms with Crippen LogP contribution >= 0.6 is 0 Å². The molecule has 0 saturated heterocycles. The molecule has 0 aliphatic heterocycles. The monoisotopic (exact) mass is 202 g/mol. The third-order valence-corrected chi connectivity index (χ3v) is 2.01. The second-order valence-corrected chi connectivity index (χ2v) is 3.59. The lowest BCUT2D eigenvalue weighted by atomic mass is 10.2. The van der Waals surface area contributed by atoms with Crippen molar-refractivity contribution in [2.75, 3.05) is 6.54 Å². The molecule has 0 radical (unpaired) electrons. The Bertz CT molecular complexity index is 276. The number of aryl methyl sites for hydroxylation is 1. The maximum absolute atomic E-state index is 12.7. The second kappa shape index (κ2) is 4.55. The van der Waals surface area contributed by atoms with Gasteiger partial charge in [-0.2, -0.15) is 0 Å². The van der Waals surface area contributed by atoms with E-state index in [1.54, 1.807) is 16.8 Å². The van der Waals surface area contributed by atoms with Crippen LogP contribution in [0.3, 0.4) is 0 Å². The smallest absolute Gasteiger partial charge is 0.262 e. The Kier molecular flexibility index (Phi) is 3.63. The first-order valence-electron chi connectivity index (χ1n) is 4.75. The Morgan fingerprint density at radius 2 is 2.21 bits per heavy atom. The highest BCUT2D eigenvalue weighted by atomic mass is 19.3. The SMILES string of the molecule is CC(F)(F)Cn1cccc1CCCN. The number of nitrogens with zero attached hydrogens (tertiary/aromatic N) is 1. The Balaban J connectivity index is 2.63. The summed E-state index contributed by atoms with van der Waals surface area (Å²) in [4.78, 5) is 0. The van der Waals surface area contributed by atoms with Gasteiger partial charge >= 0.3 is 0 Å². The highest BCUT2D eigenvalue weighted by molar-refractivity contribution is 5.07. The molecule has 1 aromatic heterocycles. The number of aromatic nitrogens is 1. The van der Waals surface area contributed by atoms with Crippen molar-refractivity contribution in [2.45, 2.75) is 32.2 Å². The Hall–Kier alpha value is -0.900. The van der Waals surface area contributed by atoms with Crippen molar-refractivity contribution in [1.82, 2.24) is 4.57 Å². The number of alkyl halides is 2. The van der Waals surface area contributed by atoms with E-state index >= 15 is 0 Å². The fraction of sp³-hybridized carbons (Fsp3) is 0.600. The number of hydrogen-bond acceptors (Lipinski definition) is 1. The third kappa shape index (κ3) is 3.46. The summed E-state index contributed by atoms with van der Waals surface area (Å²) in [6.45, 7) is 1.27. The molecule has 0 unspecified atom stereocenters. The van der Waals surface area contributed by atoms with Gasteiger partial charge in [0.05, 0.1) is 6.54 Å². The van der Waals surface area contributed by atoms with Gasteiger partial charge in [-0.1, -0.05) is 0 Å². The van der Waals surface area contributed by atoms with Gasteiger partial charge in [0, 0.05) is 18.8 Å². The van der Waals surface area contributed by atoms with Crippen LogP contribution in [0.4, 0.5) is 8.78 Å². The van der Waals surface area contributed by atoms with E-state index in [1.165, 1.54) is 0 Å². The van der Waals surface area contributed by atoms with Gasteiger partial charge in [-0.15, -0.1) is 0 Å². The Morgan fingerprint density at radius 1 is 1.50 bits per heavy atom. The third-order valence-electron chi connectivity index (χ3n) is 2.01. The highest BCUT2D eigenvalue weighted by Crippen LogP contribution is 2.17. The molecule has 80 valence electrons.